The second kappa shape index (κ2) is 6.28. The zero-order chi connectivity index (χ0) is 12.0. The van der Waals surface area contributed by atoms with E-state index in [1.54, 1.807) is 6.92 Å². The predicted molar refractivity (Wildman–Crippen MR) is 38.2 cm³/mol. The topological polar surface area (TPSA) is 109 Å². The minimum atomic E-state index is -4.94. The van der Waals surface area contributed by atoms with Crippen LogP contribution in [0.25, 0.3) is 0 Å². The van der Waals surface area contributed by atoms with E-state index in [1.165, 1.54) is 0 Å². The Balaban J connectivity index is 0. The molecule has 86 valence electrons. The number of carbonyl (C=O) groups is 1. The SMILES string of the molecule is CC(=O)CC[N+](C)(C)C.[O-][Cl+3]([O-])([O-])[O-]. The van der Waals surface area contributed by atoms with Gasteiger partial charge in [-0.1, -0.05) is 0 Å². The van der Waals surface area contributed by atoms with Crippen LogP contribution in [0, 0.1) is 10.2 Å². The van der Waals surface area contributed by atoms with Gasteiger partial charge in [0.05, 0.1) is 34.1 Å². The van der Waals surface area contributed by atoms with E-state index in [0.29, 0.717) is 6.42 Å². The molecule has 0 aromatic heterocycles. The number of rotatable bonds is 3. The number of halogens is 1. The number of nitrogens with zero attached hydrogens (tertiary/aromatic N) is 1. The largest absolute Gasteiger partial charge is 0.331 e. The average Bonchev–Trinajstić information content (AvgIpc) is 1.77. The Labute approximate surface area is 85.7 Å². The molecule has 6 nitrogen and oxygen atoms in total. The summed E-state index contributed by atoms with van der Waals surface area (Å²) in [5.41, 5.74) is 0. The molecule has 0 aromatic carbocycles. The van der Waals surface area contributed by atoms with Crippen molar-refractivity contribution in [1.29, 1.82) is 0 Å². The van der Waals surface area contributed by atoms with Gasteiger partial charge in [0.1, 0.15) is 5.78 Å². The lowest BCUT2D eigenvalue weighted by Crippen LogP contribution is -2.68. The number of hydrogen-bond acceptors (Lipinski definition) is 5. The molecule has 0 heterocycles. The molecular weight excluding hydrogens is 214 g/mol. The molecule has 0 amide bonds. The molecule has 0 spiro atoms. The maximum absolute atomic E-state index is 10.5. The lowest BCUT2D eigenvalue weighted by atomic mass is 10.3. The molecule has 0 N–H and O–H groups in total. The van der Waals surface area contributed by atoms with Gasteiger partial charge >= 0.3 is 0 Å². The maximum Gasteiger partial charge on any atom is 0.135 e. The Morgan fingerprint density at radius 3 is 1.50 bits per heavy atom. The van der Waals surface area contributed by atoms with Crippen LogP contribution in [0.15, 0.2) is 0 Å². The van der Waals surface area contributed by atoms with Crippen molar-refractivity contribution < 1.29 is 38.2 Å². The lowest BCUT2D eigenvalue weighted by Gasteiger charge is -2.22. The van der Waals surface area contributed by atoms with Crippen molar-refractivity contribution in [3.63, 3.8) is 0 Å². The molecule has 0 bridgehead atoms. The first-order valence-electron chi connectivity index (χ1n) is 3.83. The molecule has 14 heavy (non-hydrogen) atoms. The summed E-state index contributed by atoms with van der Waals surface area (Å²) in [6, 6.07) is 0. The summed E-state index contributed by atoms with van der Waals surface area (Å²) in [6.07, 6.45) is 0.698. The van der Waals surface area contributed by atoms with E-state index in [2.05, 4.69) is 21.1 Å². The smallest absolute Gasteiger partial charge is 0.135 e. The Morgan fingerprint density at radius 2 is 1.43 bits per heavy atom. The highest BCUT2D eigenvalue weighted by Crippen LogP contribution is 1.92. The molecule has 0 aliphatic rings. The normalized spacial score (nSPS) is 11.7. The zero-order valence-corrected chi connectivity index (χ0v) is 9.54. The minimum absolute atomic E-state index is 0.281. The van der Waals surface area contributed by atoms with Crippen molar-refractivity contribution in [3.8, 4) is 0 Å². The molecule has 0 aliphatic heterocycles. The summed E-state index contributed by atoms with van der Waals surface area (Å²) in [6.45, 7) is 2.57. The van der Waals surface area contributed by atoms with Crippen molar-refractivity contribution in [2.45, 2.75) is 13.3 Å². The van der Waals surface area contributed by atoms with E-state index in [9.17, 15) is 4.79 Å². The van der Waals surface area contributed by atoms with Crippen LogP contribution in [0.2, 0.25) is 0 Å². The van der Waals surface area contributed by atoms with Gasteiger partial charge in [0.15, 0.2) is 0 Å². The molecule has 0 fully saturated rings. The van der Waals surface area contributed by atoms with E-state index in [0.717, 1.165) is 11.0 Å². The van der Waals surface area contributed by atoms with Gasteiger partial charge in [-0.15, -0.1) is 10.2 Å². The molecule has 0 rings (SSSR count). The summed E-state index contributed by atoms with van der Waals surface area (Å²) in [5.74, 6) is 0.281. The predicted octanol–water partition coefficient (Wildman–Crippen LogP) is -4.08. The van der Waals surface area contributed by atoms with E-state index in [-0.39, 0.29) is 5.78 Å². The van der Waals surface area contributed by atoms with Gasteiger partial charge in [-0.25, -0.2) is 18.6 Å². The van der Waals surface area contributed by atoms with Crippen molar-refractivity contribution >= 4 is 5.78 Å². The van der Waals surface area contributed by atoms with Crippen LogP contribution in [0.4, 0.5) is 0 Å². The first-order chi connectivity index (χ1) is 5.92. The summed E-state index contributed by atoms with van der Waals surface area (Å²) in [7, 11) is 1.31. The Bertz CT molecular complexity index is 166. The molecule has 7 heteroatoms. The molecule has 0 unspecified atom stereocenters. The molecule has 0 saturated heterocycles. The van der Waals surface area contributed by atoms with Crippen molar-refractivity contribution in [2.75, 3.05) is 27.7 Å². The number of carbonyl (C=O) groups excluding carboxylic acids is 1. The first kappa shape index (κ1) is 16.2. The zero-order valence-electron chi connectivity index (χ0n) is 8.78. The fraction of sp³-hybridized carbons (Fsp3) is 0.857. The average molecular weight is 230 g/mol. The van der Waals surface area contributed by atoms with Crippen LogP contribution in [-0.2, 0) is 4.79 Å². The van der Waals surface area contributed by atoms with Crippen molar-refractivity contribution in [3.05, 3.63) is 0 Å². The first-order valence-corrected chi connectivity index (χ1v) is 5.07. The highest BCUT2D eigenvalue weighted by molar-refractivity contribution is 5.75. The molecule has 0 radical (unpaired) electrons. The van der Waals surface area contributed by atoms with Gasteiger partial charge < -0.3 is 4.48 Å². The molecular formula is C7H16ClNO5. The van der Waals surface area contributed by atoms with E-state index >= 15 is 0 Å². The summed E-state index contributed by atoms with van der Waals surface area (Å²) >= 11 is 0. The Kier molecular flexibility index (Phi) is 7.27. The van der Waals surface area contributed by atoms with E-state index in [1.807, 2.05) is 0 Å². The third-order valence-corrected chi connectivity index (χ3v) is 1.13. The molecule has 0 aliphatic carbocycles. The van der Waals surface area contributed by atoms with Crippen LogP contribution in [-0.4, -0.2) is 38.0 Å². The van der Waals surface area contributed by atoms with Gasteiger partial charge in [-0.2, -0.15) is 0 Å². The van der Waals surface area contributed by atoms with Gasteiger partial charge in [-0.3, -0.25) is 4.79 Å². The van der Waals surface area contributed by atoms with Crippen LogP contribution in [0.3, 0.4) is 0 Å². The number of quaternary nitrogens is 1. The highest BCUT2D eigenvalue weighted by Gasteiger charge is 2.06. The third-order valence-electron chi connectivity index (χ3n) is 1.13. The second-order valence-electron chi connectivity index (χ2n) is 3.84. The van der Waals surface area contributed by atoms with Crippen LogP contribution >= 0.6 is 0 Å². The van der Waals surface area contributed by atoms with Crippen molar-refractivity contribution in [1.82, 2.24) is 0 Å². The van der Waals surface area contributed by atoms with Gasteiger partial charge in [-0.05, 0) is 6.92 Å². The number of ketones is 1. The summed E-state index contributed by atoms with van der Waals surface area (Å²) in [4.78, 5) is 10.5. The maximum atomic E-state index is 10.5. The lowest BCUT2D eigenvalue weighted by molar-refractivity contribution is -2.00. The standard InChI is InChI=1S/C7H16NO.ClHO4/c1-7(9)5-6-8(2,3)4;2-1(3,4)5/h5-6H2,1-4H3;(H,2,3,4,5)/q+1;/p-1. The van der Waals surface area contributed by atoms with Crippen LogP contribution in [0.5, 0.6) is 0 Å². The third kappa shape index (κ3) is 41.0. The molecule has 0 atom stereocenters. The van der Waals surface area contributed by atoms with Gasteiger partial charge in [0.25, 0.3) is 0 Å². The van der Waals surface area contributed by atoms with Crippen LogP contribution in [0.1, 0.15) is 13.3 Å². The summed E-state index contributed by atoms with van der Waals surface area (Å²) in [5, 5.41) is 0. The van der Waals surface area contributed by atoms with Crippen molar-refractivity contribution in [2.24, 2.45) is 0 Å². The summed E-state index contributed by atoms with van der Waals surface area (Å²) < 4.78 is 34.8. The minimum Gasteiger partial charge on any atom is -0.331 e. The number of hydrogen-bond donors (Lipinski definition) is 0. The monoisotopic (exact) mass is 229 g/mol. The molecule has 0 saturated carbocycles. The van der Waals surface area contributed by atoms with E-state index < -0.39 is 10.2 Å². The number of Topliss-reactive ketones (excluding diaryl/α,β-unsaturated/α-hetero) is 1. The van der Waals surface area contributed by atoms with Crippen LogP contribution < -0.4 is 18.6 Å². The highest BCUT2D eigenvalue weighted by atomic mass is 35.7. The second-order valence-corrected chi connectivity index (χ2v) is 4.60. The Hall–Kier alpha value is -0.240. The fourth-order valence-corrected chi connectivity index (χ4v) is 0.493. The van der Waals surface area contributed by atoms with E-state index in [4.69, 9.17) is 18.6 Å². The fourth-order valence-electron chi connectivity index (χ4n) is 0.493. The van der Waals surface area contributed by atoms with Gasteiger partial charge in [0.2, 0.25) is 0 Å². The molecule has 0 aromatic rings. The Morgan fingerprint density at radius 1 is 1.14 bits per heavy atom. The quantitative estimate of drug-likeness (QED) is 0.457. The van der Waals surface area contributed by atoms with Gasteiger partial charge in [0, 0.05) is 0 Å².